The first kappa shape index (κ1) is 14.0. The summed E-state index contributed by atoms with van der Waals surface area (Å²) in [5.74, 6) is 0. The molecule has 0 heterocycles. The molecule has 6 atom stereocenters. The van der Waals surface area contributed by atoms with Gasteiger partial charge in [0.05, 0.1) is 7.82 Å². The summed E-state index contributed by atoms with van der Waals surface area (Å²) < 4.78 is 14.1. The molecule has 0 spiro atoms. The van der Waals surface area contributed by atoms with E-state index in [1.54, 1.807) is 0 Å². The second-order valence-corrected chi connectivity index (χ2v) is 4.58. The molecule has 9 nitrogen and oxygen atoms in total. The van der Waals surface area contributed by atoms with Gasteiger partial charge >= 0.3 is 0 Å². The first-order valence-electron chi connectivity index (χ1n) is 4.26. The Balaban J connectivity index is 2.87. The molecule has 96 valence electrons. The van der Waals surface area contributed by atoms with Crippen LogP contribution < -0.4 is 9.79 Å². The number of hydrogen-bond acceptors (Lipinski definition) is 9. The van der Waals surface area contributed by atoms with Crippen LogP contribution in [0.5, 0.6) is 0 Å². The molecule has 16 heavy (non-hydrogen) atoms. The van der Waals surface area contributed by atoms with Gasteiger partial charge in [0.25, 0.3) is 0 Å². The minimum absolute atomic E-state index is 1.87. The summed E-state index contributed by atoms with van der Waals surface area (Å²) in [4.78, 5) is 20.6. The molecule has 0 bridgehead atoms. The first-order valence-corrected chi connectivity index (χ1v) is 5.72. The van der Waals surface area contributed by atoms with Crippen molar-refractivity contribution < 1.29 is 44.4 Å². The van der Waals surface area contributed by atoms with Crippen molar-refractivity contribution in [2.45, 2.75) is 36.6 Å². The molecule has 1 saturated carbocycles. The van der Waals surface area contributed by atoms with Crippen LogP contribution in [0, 0.1) is 0 Å². The zero-order valence-electron chi connectivity index (χ0n) is 7.78. The molecule has 1 aliphatic rings. The zero-order chi connectivity index (χ0) is 12.7. The van der Waals surface area contributed by atoms with Gasteiger partial charge in [-0.2, -0.15) is 0 Å². The van der Waals surface area contributed by atoms with Crippen LogP contribution in [-0.2, 0) is 9.09 Å². The number of rotatable bonds is 2. The monoisotopic (exact) mass is 258 g/mol. The second-order valence-electron chi connectivity index (χ2n) is 3.47. The highest BCUT2D eigenvalue weighted by molar-refractivity contribution is 7.43. The molecule has 5 N–H and O–H groups in total. The molecule has 0 amide bonds. The van der Waals surface area contributed by atoms with Gasteiger partial charge in [0.1, 0.15) is 36.6 Å². The number of aliphatic hydroxyl groups excluding tert-OH is 5. The lowest BCUT2D eigenvalue weighted by molar-refractivity contribution is -0.353. The Labute approximate surface area is 89.8 Å². The van der Waals surface area contributed by atoms with E-state index in [1.165, 1.54) is 0 Å². The Morgan fingerprint density at radius 2 is 1.12 bits per heavy atom. The number of phosphoric acid groups is 1. The van der Waals surface area contributed by atoms with E-state index in [0.29, 0.717) is 0 Å². The molecule has 0 aliphatic heterocycles. The van der Waals surface area contributed by atoms with Gasteiger partial charge in [0, 0.05) is 0 Å². The van der Waals surface area contributed by atoms with Gasteiger partial charge in [0.15, 0.2) is 0 Å². The average Bonchev–Trinajstić information content (AvgIpc) is 2.17. The van der Waals surface area contributed by atoms with Gasteiger partial charge in [-0.05, 0) is 0 Å². The van der Waals surface area contributed by atoms with E-state index in [-0.39, 0.29) is 0 Å². The molecule has 10 heteroatoms. The normalized spacial score (nSPS) is 45.7. The topological polar surface area (TPSA) is 174 Å². The van der Waals surface area contributed by atoms with Crippen molar-refractivity contribution in [2.75, 3.05) is 0 Å². The minimum Gasteiger partial charge on any atom is -0.790 e. The van der Waals surface area contributed by atoms with E-state index in [2.05, 4.69) is 4.52 Å². The molecule has 0 aromatic rings. The molecule has 0 radical (unpaired) electrons. The van der Waals surface area contributed by atoms with Crippen molar-refractivity contribution in [1.82, 2.24) is 0 Å². The lowest BCUT2D eigenvalue weighted by Crippen LogP contribution is -2.64. The van der Waals surface area contributed by atoms with E-state index < -0.39 is 44.4 Å². The van der Waals surface area contributed by atoms with E-state index in [9.17, 15) is 24.6 Å². The molecular weight excluding hydrogens is 247 g/mol. The molecule has 2 unspecified atom stereocenters. The first-order chi connectivity index (χ1) is 7.15. The fourth-order valence-corrected chi connectivity index (χ4v) is 2.02. The summed E-state index contributed by atoms with van der Waals surface area (Å²) in [5, 5.41) is 45.9. The molecule has 1 rings (SSSR count). The highest BCUT2D eigenvalue weighted by Gasteiger charge is 2.49. The van der Waals surface area contributed by atoms with Gasteiger partial charge in [-0.25, -0.2) is 0 Å². The molecule has 0 saturated heterocycles. The van der Waals surface area contributed by atoms with Gasteiger partial charge in [-0.3, -0.25) is 0 Å². The predicted octanol–water partition coefficient (Wildman–Crippen LogP) is -4.98. The molecule has 0 aromatic heterocycles. The molecule has 1 aliphatic carbocycles. The zero-order valence-corrected chi connectivity index (χ0v) is 8.67. The Kier molecular flexibility index (Phi) is 4.06. The Morgan fingerprint density at radius 1 is 0.812 bits per heavy atom. The van der Waals surface area contributed by atoms with Gasteiger partial charge < -0.3 is 44.4 Å². The third kappa shape index (κ3) is 2.77. The summed E-state index contributed by atoms with van der Waals surface area (Å²) in [5.41, 5.74) is 0. The Bertz CT molecular complexity index is 274. The van der Waals surface area contributed by atoms with Crippen LogP contribution in [0.25, 0.3) is 0 Å². The maximum atomic E-state index is 10.3. The largest absolute Gasteiger partial charge is 0.790 e. The van der Waals surface area contributed by atoms with Crippen molar-refractivity contribution in [2.24, 2.45) is 0 Å². The number of hydrogen-bond donors (Lipinski definition) is 5. The average molecular weight is 258 g/mol. The van der Waals surface area contributed by atoms with Gasteiger partial charge in [-0.1, -0.05) is 0 Å². The molecule has 0 aromatic carbocycles. The minimum atomic E-state index is -5.51. The van der Waals surface area contributed by atoms with Crippen LogP contribution in [0.2, 0.25) is 0 Å². The van der Waals surface area contributed by atoms with Crippen molar-refractivity contribution in [3.63, 3.8) is 0 Å². The summed E-state index contributed by atoms with van der Waals surface area (Å²) in [6.07, 6.45) is -11.8. The van der Waals surface area contributed by atoms with Gasteiger partial charge in [-0.15, -0.1) is 0 Å². The third-order valence-electron chi connectivity index (χ3n) is 2.32. The number of aliphatic hydroxyl groups is 5. The standard InChI is InChI=1S/C6H13O9P/c7-1-2(8)4(10)6(5(11)3(1)9)15-16(12,13)14/h1-11H,(H2,12,13,14)/p-2/t1?,2-,3+,4-,5-,6?/m0/s1. The van der Waals surface area contributed by atoms with E-state index in [1.807, 2.05) is 0 Å². The lowest BCUT2D eigenvalue weighted by Gasteiger charge is -2.45. The van der Waals surface area contributed by atoms with Crippen molar-refractivity contribution in [3.8, 4) is 0 Å². The highest BCUT2D eigenvalue weighted by Crippen LogP contribution is 2.34. The van der Waals surface area contributed by atoms with Crippen LogP contribution in [-0.4, -0.2) is 62.2 Å². The van der Waals surface area contributed by atoms with E-state index in [0.717, 1.165) is 0 Å². The van der Waals surface area contributed by atoms with Gasteiger partial charge in [0.2, 0.25) is 0 Å². The molecule has 1 fully saturated rings. The van der Waals surface area contributed by atoms with Crippen LogP contribution in [0.4, 0.5) is 0 Å². The van der Waals surface area contributed by atoms with Crippen LogP contribution in [0.3, 0.4) is 0 Å². The fraction of sp³-hybridized carbons (Fsp3) is 1.00. The maximum absolute atomic E-state index is 10.3. The predicted molar refractivity (Wildman–Crippen MR) is 42.5 cm³/mol. The fourth-order valence-electron chi connectivity index (χ4n) is 1.47. The van der Waals surface area contributed by atoms with Crippen LogP contribution in [0.1, 0.15) is 0 Å². The van der Waals surface area contributed by atoms with Crippen molar-refractivity contribution in [1.29, 1.82) is 0 Å². The van der Waals surface area contributed by atoms with E-state index in [4.69, 9.17) is 15.3 Å². The smallest absolute Gasteiger partial charge is 0.120 e. The van der Waals surface area contributed by atoms with Crippen molar-refractivity contribution in [3.05, 3.63) is 0 Å². The van der Waals surface area contributed by atoms with Crippen LogP contribution >= 0.6 is 7.82 Å². The Morgan fingerprint density at radius 3 is 1.44 bits per heavy atom. The lowest BCUT2D eigenvalue weighted by atomic mass is 9.85. The number of phosphoric ester groups is 1. The maximum Gasteiger partial charge on any atom is 0.120 e. The summed E-state index contributed by atoms with van der Waals surface area (Å²) >= 11 is 0. The summed E-state index contributed by atoms with van der Waals surface area (Å²) in [6, 6.07) is 0. The SMILES string of the molecule is O=P([O-])([O-])OC1[C@@H](O)[C@H](O)C(O)[C@H](O)[C@@H]1O. The van der Waals surface area contributed by atoms with E-state index >= 15 is 0 Å². The third-order valence-corrected chi connectivity index (χ3v) is 2.83. The highest BCUT2D eigenvalue weighted by atomic mass is 31.2. The quantitative estimate of drug-likeness (QED) is 0.304. The van der Waals surface area contributed by atoms with Crippen LogP contribution in [0.15, 0.2) is 0 Å². The molecular formula is C6H11O9P-2. The second kappa shape index (κ2) is 4.65. The van der Waals surface area contributed by atoms with Crippen molar-refractivity contribution >= 4 is 7.82 Å². The summed E-state index contributed by atoms with van der Waals surface area (Å²) in [7, 11) is -5.51. The Hall–Kier alpha value is -0.0900. The summed E-state index contributed by atoms with van der Waals surface area (Å²) in [6.45, 7) is 0.